The van der Waals surface area contributed by atoms with Crippen LogP contribution >= 0.6 is 0 Å². The van der Waals surface area contributed by atoms with Gasteiger partial charge in [-0.05, 0) is 18.6 Å². The normalized spacial score (nSPS) is 9.93. The van der Waals surface area contributed by atoms with Crippen molar-refractivity contribution in [1.82, 2.24) is 0 Å². The molecule has 0 unspecified atom stereocenters. The summed E-state index contributed by atoms with van der Waals surface area (Å²) in [4.78, 5) is 12.0. The Kier molecular flexibility index (Phi) is 2.64. The number of aryl methyl sites for hydroxylation is 1. The van der Waals surface area contributed by atoms with Gasteiger partial charge in [-0.3, -0.25) is 4.79 Å². The van der Waals surface area contributed by atoms with Gasteiger partial charge in [-0.25, -0.2) is 0 Å². The molecule has 0 atom stereocenters. The van der Waals surface area contributed by atoms with Crippen LogP contribution in [0.2, 0.25) is 0 Å². The molecule has 0 amide bonds. The van der Waals surface area contributed by atoms with Gasteiger partial charge in [-0.2, -0.15) is 0 Å². The maximum absolute atomic E-state index is 12.0. The van der Waals surface area contributed by atoms with Gasteiger partial charge in [-0.15, -0.1) is 0 Å². The van der Waals surface area contributed by atoms with Crippen LogP contribution in [0.15, 0.2) is 48.5 Å². The molecule has 0 saturated heterocycles. The Morgan fingerprint density at radius 2 is 1.80 bits per heavy atom. The number of rotatable bonds is 2. The van der Waals surface area contributed by atoms with Crippen molar-refractivity contribution in [2.75, 3.05) is 0 Å². The number of hydrogen-bond donors (Lipinski definition) is 0. The summed E-state index contributed by atoms with van der Waals surface area (Å²) < 4.78 is 0. The Balaban J connectivity index is 2.42. The SMILES string of the molecule is Cc1ccccc1C(=O)c1[c]cccc1. The van der Waals surface area contributed by atoms with Gasteiger partial charge in [0.2, 0.25) is 0 Å². The lowest BCUT2D eigenvalue weighted by molar-refractivity contribution is 0.103. The zero-order chi connectivity index (χ0) is 10.7. The van der Waals surface area contributed by atoms with Crippen molar-refractivity contribution in [3.05, 3.63) is 71.3 Å². The van der Waals surface area contributed by atoms with Crippen molar-refractivity contribution < 1.29 is 4.79 Å². The fraction of sp³-hybridized carbons (Fsp3) is 0.0714. The van der Waals surface area contributed by atoms with E-state index in [0.29, 0.717) is 5.56 Å². The Labute approximate surface area is 89.4 Å². The van der Waals surface area contributed by atoms with Gasteiger partial charge in [0.25, 0.3) is 0 Å². The van der Waals surface area contributed by atoms with Crippen LogP contribution in [0.5, 0.6) is 0 Å². The van der Waals surface area contributed by atoms with E-state index < -0.39 is 0 Å². The summed E-state index contributed by atoms with van der Waals surface area (Å²) in [6.45, 7) is 1.94. The van der Waals surface area contributed by atoms with Crippen molar-refractivity contribution in [1.29, 1.82) is 0 Å². The smallest absolute Gasteiger partial charge is 0.193 e. The summed E-state index contributed by atoms with van der Waals surface area (Å²) in [6, 6.07) is 17.8. The van der Waals surface area contributed by atoms with Crippen LogP contribution in [0.1, 0.15) is 21.5 Å². The van der Waals surface area contributed by atoms with Gasteiger partial charge in [-0.1, -0.05) is 48.5 Å². The number of carbonyl (C=O) groups excluding carboxylic acids is 1. The summed E-state index contributed by atoms with van der Waals surface area (Å²) in [5, 5.41) is 0. The zero-order valence-corrected chi connectivity index (χ0v) is 8.53. The van der Waals surface area contributed by atoms with E-state index in [9.17, 15) is 4.79 Å². The first-order valence-corrected chi connectivity index (χ1v) is 4.86. The molecule has 2 aromatic carbocycles. The molecule has 0 aliphatic rings. The molecule has 0 saturated carbocycles. The minimum atomic E-state index is 0.0358. The van der Waals surface area contributed by atoms with Crippen LogP contribution in [0, 0.1) is 13.0 Å². The highest BCUT2D eigenvalue weighted by molar-refractivity contribution is 6.09. The maximum atomic E-state index is 12.0. The summed E-state index contributed by atoms with van der Waals surface area (Å²) >= 11 is 0. The number of carbonyl (C=O) groups is 1. The minimum Gasteiger partial charge on any atom is -0.289 e. The van der Waals surface area contributed by atoms with E-state index in [1.807, 2.05) is 43.3 Å². The lowest BCUT2D eigenvalue weighted by Gasteiger charge is -2.03. The second-order valence-corrected chi connectivity index (χ2v) is 3.42. The van der Waals surface area contributed by atoms with Crippen LogP contribution in [0.4, 0.5) is 0 Å². The monoisotopic (exact) mass is 195 g/mol. The van der Waals surface area contributed by atoms with Crippen molar-refractivity contribution in [3.63, 3.8) is 0 Å². The third kappa shape index (κ3) is 1.96. The molecule has 0 aromatic heterocycles. The third-order valence-electron chi connectivity index (χ3n) is 2.34. The Morgan fingerprint density at radius 1 is 1.07 bits per heavy atom. The molecular formula is C14H11O. The molecule has 0 aliphatic heterocycles. The second kappa shape index (κ2) is 4.09. The summed E-state index contributed by atoms with van der Waals surface area (Å²) in [7, 11) is 0. The maximum Gasteiger partial charge on any atom is 0.193 e. The van der Waals surface area contributed by atoms with Crippen molar-refractivity contribution >= 4 is 5.78 Å². The molecule has 73 valence electrons. The van der Waals surface area contributed by atoms with Crippen molar-refractivity contribution in [3.8, 4) is 0 Å². The van der Waals surface area contributed by atoms with Crippen LogP contribution in [-0.2, 0) is 0 Å². The highest BCUT2D eigenvalue weighted by Gasteiger charge is 2.09. The number of hydrogen-bond acceptors (Lipinski definition) is 1. The van der Waals surface area contributed by atoms with Gasteiger partial charge < -0.3 is 0 Å². The molecular weight excluding hydrogens is 184 g/mol. The van der Waals surface area contributed by atoms with E-state index in [1.165, 1.54) is 0 Å². The summed E-state index contributed by atoms with van der Waals surface area (Å²) in [6.07, 6.45) is 0. The minimum absolute atomic E-state index is 0.0358. The van der Waals surface area contributed by atoms with E-state index in [1.54, 1.807) is 12.1 Å². The second-order valence-electron chi connectivity index (χ2n) is 3.42. The topological polar surface area (TPSA) is 17.1 Å². The first-order chi connectivity index (χ1) is 7.29. The molecule has 1 heteroatoms. The Bertz CT molecular complexity index is 472. The van der Waals surface area contributed by atoms with Crippen LogP contribution < -0.4 is 0 Å². The van der Waals surface area contributed by atoms with Gasteiger partial charge in [0.15, 0.2) is 5.78 Å². The highest BCUT2D eigenvalue weighted by Crippen LogP contribution is 2.12. The van der Waals surface area contributed by atoms with E-state index >= 15 is 0 Å². The lowest BCUT2D eigenvalue weighted by Crippen LogP contribution is -2.03. The first kappa shape index (κ1) is 9.66. The lowest BCUT2D eigenvalue weighted by atomic mass is 9.99. The number of ketones is 1. The van der Waals surface area contributed by atoms with E-state index in [-0.39, 0.29) is 5.78 Å². The molecule has 2 rings (SSSR count). The summed E-state index contributed by atoms with van der Waals surface area (Å²) in [5.74, 6) is 0.0358. The molecule has 0 spiro atoms. The number of benzene rings is 2. The summed E-state index contributed by atoms with van der Waals surface area (Å²) in [5.41, 5.74) is 2.37. The average molecular weight is 195 g/mol. The predicted octanol–water partition coefficient (Wildman–Crippen LogP) is 3.03. The van der Waals surface area contributed by atoms with Gasteiger partial charge >= 0.3 is 0 Å². The Hall–Kier alpha value is -1.89. The molecule has 0 fully saturated rings. The molecule has 0 bridgehead atoms. The largest absolute Gasteiger partial charge is 0.289 e. The van der Waals surface area contributed by atoms with E-state index in [0.717, 1.165) is 11.1 Å². The van der Waals surface area contributed by atoms with E-state index in [2.05, 4.69) is 6.07 Å². The average Bonchev–Trinajstić information content (AvgIpc) is 2.30. The van der Waals surface area contributed by atoms with Crippen LogP contribution in [-0.4, -0.2) is 5.78 Å². The zero-order valence-electron chi connectivity index (χ0n) is 8.53. The van der Waals surface area contributed by atoms with Gasteiger partial charge in [0.1, 0.15) is 0 Å². The first-order valence-electron chi connectivity index (χ1n) is 4.86. The molecule has 0 heterocycles. The van der Waals surface area contributed by atoms with Gasteiger partial charge in [0, 0.05) is 11.1 Å². The fourth-order valence-corrected chi connectivity index (χ4v) is 1.51. The molecule has 1 radical (unpaired) electrons. The van der Waals surface area contributed by atoms with Crippen molar-refractivity contribution in [2.45, 2.75) is 6.92 Å². The predicted molar refractivity (Wildman–Crippen MR) is 59.9 cm³/mol. The van der Waals surface area contributed by atoms with Gasteiger partial charge in [0.05, 0.1) is 0 Å². The quantitative estimate of drug-likeness (QED) is 0.673. The molecule has 15 heavy (non-hydrogen) atoms. The molecule has 2 aromatic rings. The van der Waals surface area contributed by atoms with Crippen LogP contribution in [0.25, 0.3) is 0 Å². The molecule has 0 N–H and O–H groups in total. The molecule has 0 aliphatic carbocycles. The fourth-order valence-electron chi connectivity index (χ4n) is 1.51. The molecule has 1 nitrogen and oxygen atoms in total. The standard InChI is InChI=1S/C14H11O/c1-11-7-5-6-10-13(11)14(15)12-8-3-2-4-9-12/h2-8,10H,1H3. The van der Waals surface area contributed by atoms with E-state index in [4.69, 9.17) is 0 Å². The highest BCUT2D eigenvalue weighted by atomic mass is 16.1. The van der Waals surface area contributed by atoms with Crippen LogP contribution in [0.3, 0.4) is 0 Å². The van der Waals surface area contributed by atoms with Crippen molar-refractivity contribution in [2.24, 2.45) is 0 Å². The third-order valence-corrected chi connectivity index (χ3v) is 2.34. The Morgan fingerprint density at radius 3 is 2.47 bits per heavy atom.